The largest absolute Gasteiger partial charge is 0.437 e. The van der Waals surface area contributed by atoms with Crippen molar-refractivity contribution in [2.24, 2.45) is 7.05 Å². The highest BCUT2D eigenvalue weighted by molar-refractivity contribution is 7.13. The van der Waals surface area contributed by atoms with Crippen LogP contribution in [0.15, 0.2) is 24.0 Å². The SMILES string of the molecule is Cn1cc(NC(=O)c2csc(-c3cn[nH]c3)n2)c(C(F)(F)F)n1. The van der Waals surface area contributed by atoms with Gasteiger partial charge in [0.15, 0.2) is 5.69 Å². The first-order chi connectivity index (χ1) is 10.8. The molecule has 0 bridgehead atoms. The third-order valence-electron chi connectivity index (χ3n) is 2.83. The molecule has 2 N–H and O–H groups in total. The van der Waals surface area contributed by atoms with Gasteiger partial charge in [-0.05, 0) is 0 Å². The number of carbonyl (C=O) groups is 1. The number of amides is 1. The molecular weight excluding hydrogens is 333 g/mol. The summed E-state index contributed by atoms with van der Waals surface area (Å²) in [4.78, 5) is 16.2. The summed E-state index contributed by atoms with van der Waals surface area (Å²) in [6, 6.07) is 0. The number of hydrogen-bond acceptors (Lipinski definition) is 5. The minimum atomic E-state index is -4.66. The molecule has 3 aromatic rings. The summed E-state index contributed by atoms with van der Waals surface area (Å²) in [5.41, 5.74) is -0.865. The Hall–Kier alpha value is -2.69. The van der Waals surface area contributed by atoms with Crippen LogP contribution in [0.4, 0.5) is 18.9 Å². The number of alkyl halides is 3. The Labute approximate surface area is 131 Å². The molecule has 0 radical (unpaired) electrons. The van der Waals surface area contributed by atoms with Gasteiger partial charge < -0.3 is 5.32 Å². The van der Waals surface area contributed by atoms with Crippen LogP contribution in [0.1, 0.15) is 16.2 Å². The number of thiazole rings is 1. The molecule has 0 saturated carbocycles. The summed E-state index contributed by atoms with van der Waals surface area (Å²) >= 11 is 1.19. The molecule has 3 heterocycles. The van der Waals surface area contributed by atoms with E-state index in [4.69, 9.17) is 0 Å². The molecular formula is C12H9F3N6OS. The molecule has 0 unspecified atom stereocenters. The molecule has 0 fully saturated rings. The first-order valence-corrected chi connectivity index (χ1v) is 7.09. The predicted molar refractivity (Wildman–Crippen MR) is 75.9 cm³/mol. The third kappa shape index (κ3) is 3.08. The quantitative estimate of drug-likeness (QED) is 0.765. The molecule has 120 valence electrons. The van der Waals surface area contributed by atoms with Gasteiger partial charge in [0.1, 0.15) is 10.7 Å². The standard InChI is InChI=1S/C12H9F3N6OS/c1-21-4-7(9(20-21)12(13,14)15)18-10(22)8-5-23-11(19-8)6-2-16-17-3-6/h2-5H,1H3,(H,16,17)(H,18,22). The molecule has 1 amide bonds. The summed E-state index contributed by atoms with van der Waals surface area (Å²) in [5.74, 6) is -0.741. The number of nitrogens with zero attached hydrogens (tertiary/aromatic N) is 4. The summed E-state index contributed by atoms with van der Waals surface area (Å²) < 4.78 is 39.5. The fourth-order valence-electron chi connectivity index (χ4n) is 1.85. The number of hydrogen-bond donors (Lipinski definition) is 2. The number of carbonyl (C=O) groups excluding carboxylic acids is 1. The highest BCUT2D eigenvalue weighted by atomic mass is 32.1. The van der Waals surface area contributed by atoms with Gasteiger partial charge in [-0.25, -0.2) is 4.98 Å². The zero-order valence-electron chi connectivity index (χ0n) is 11.5. The number of aromatic amines is 1. The van der Waals surface area contributed by atoms with E-state index >= 15 is 0 Å². The monoisotopic (exact) mass is 342 g/mol. The Balaban J connectivity index is 1.83. The van der Waals surface area contributed by atoms with Crippen LogP contribution in [-0.2, 0) is 13.2 Å². The van der Waals surface area contributed by atoms with E-state index < -0.39 is 23.5 Å². The molecule has 0 saturated heterocycles. The zero-order valence-corrected chi connectivity index (χ0v) is 12.4. The molecule has 0 aromatic carbocycles. The maximum Gasteiger partial charge on any atom is 0.437 e. The van der Waals surface area contributed by atoms with Crippen molar-refractivity contribution in [1.29, 1.82) is 0 Å². The lowest BCUT2D eigenvalue weighted by Crippen LogP contribution is -2.16. The van der Waals surface area contributed by atoms with Crippen molar-refractivity contribution >= 4 is 22.9 Å². The fraction of sp³-hybridized carbons (Fsp3) is 0.167. The second-order valence-electron chi connectivity index (χ2n) is 4.54. The van der Waals surface area contributed by atoms with Crippen LogP contribution in [0, 0.1) is 0 Å². The minimum Gasteiger partial charge on any atom is -0.317 e. The highest BCUT2D eigenvalue weighted by Crippen LogP contribution is 2.33. The topological polar surface area (TPSA) is 88.5 Å². The van der Waals surface area contributed by atoms with Crippen LogP contribution >= 0.6 is 11.3 Å². The fourth-order valence-corrected chi connectivity index (χ4v) is 2.64. The molecule has 0 atom stereocenters. The van der Waals surface area contributed by atoms with Crippen LogP contribution in [0.3, 0.4) is 0 Å². The number of H-pyrrole nitrogens is 1. The number of anilines is 1. The molecule has 0 aliphatic heterocycles. The van der Waals surface area contributed by atoms with E-state index in [1.807, 2.05) is 0 Å². The second kappa shape index (κ2) is 5.50. The Morgan fingerprint density at radius 2 is 2.22 bits per heavy atom. The van der Waals surface area contributed by atoms with E-state index in [0.29, 0.717) is 10.6 Å². The molecule has 3 aromatic heterocycles. The number of aromatic nitrogens is 5. The van der Waals surface area contributed by atoms with Gasteiger partial charge in [-0.3, -0.25) is 14.6 Å². The molecule has 0 aliphatic carbocycles. The van der Waals surface area contributed by atoms with Crippen LogP contribution in [0.2, 0.25) is 0 Å². The van der Waals surface area contributed by atoms with Crippen molar-refractivity contribution in [1.82, 2.24) is 25.0 Å². The van der Waals surface area contributed by atoms with Crippen molar-refractivity contribution in [3.05, 3.63) is 35.4 Å². The van der Waals surface area contributed by atoms with Crippen molar-refractivity contribution in [2.45, 2.75) is 6.18 Å². The average Bonchev–Trinajstić information content (AvgIpc) is 3.16. The van der Waals surface area contributed by atoms with Crippen molar-refractivity contribution in [3.8, 4) is 10.6 Å². The van der Waals surface area contributed by atoms with Gasteiger partial charge in [-0.15, -0.1) is 11.3 Å². The van der Waals surface area contributed by atoms with Gasteiger partial charge in [-0.2, -0.15) is 23.4 Å². The maximum absolute atomic E-state index is 12.9. The third-order valence-corrected chi connectivity index (χ3v) is 3.72. The Morgan fingerprint density at radius 1 is 1.43 bits per heavy atom. The van der Waals surface area contributed by atoms with Gasteiger partial charge in [0.25, 0.3) is 5.91 Å². The van der Waals surface area contributed by atoms with Gasteiger partial charge in [0.05, 0.1) is 11.9 Å². The smallest absolute Gasteiger partial charge is 0.317 e. The van der Waals surface area contributed by atoms with Gasteiger partial charge >= 0.3 is 6.18 Å². The minimum absolute atomic E-state index is 0.0168. The first-order valence-electron chi connectivity index (χ1n) is 6.21. The van der Waals surface area contributed by atoms with Gasteiger partial charge in [-0.1, -0.05) is 0 Å². The maximum atomic E-state index is 12.9. The van der Waals surface area contributed by atoms with E-state index in [-0.39, 0.29) is 5.69 Å². The lowest BCUT2D eigenvalue weighted by atomic mass is 10.3. The molecule has 23 heavy (non-hydrogen) atoms. The van der Waals surface area contributed by atoms with Crippen molar-refractivity contribution < 1.29 is 18.0 Å². The van der Waals surface area contributed by atoms with Crippen LogP contribution in [0.5, 0.6) is 0 Å². The summed E-state index contributed by atoms with van der Waals surface area (Å²) in [6.07, 6.45) is -0.440. The summed E-state index contributed by atoms with van der Waals surface area (Å²) in [5, 5.41) is 13.9. The number of halogens is 3. The average molecular weight is 342 g/mol. The van der Waals surface area contributed by atoms with E-state index in [1.54, 1.807) is 6.20 Å². The number of rotatable bonds is 3. The molecule has 3 rings (SSSR count). The first kappa shape index (κ1) is 15.2. The predicted octanol–water partition coefficient (Wildman–Crippen LogP) is 2.54. The van der Waals surface area contributed by atoms with Gasteiger partial charge in [0, 0.05) is 30.4 Å². The zero-order chi connectivity index (χ0) is 16.6. The number of aryl methyl sites for hydroxylation is 1. The van der Waals surface area contributed by atoms with E-state index in [0.717, 1.165) is 10.9 Å². The van der Waals surface area contributed by atoms with Crippen LogP contribution in [-0.4, -0.2) is 30.9 Å². The Morgan fingerprint density at radius 3 is 2.87 bits per heavy atom. The van der Waals surface area contributed by atoms with Crippen molar-refractivity contribution in [2.75, 3.05) is 5.32 Å². The molecule has 11 heteroatoms. The lowest BCUT2D eigenvalue weighted by Gasteiger charge is -2.06. The molecule has 0 spiro atoms. The summed E-state index contributed by atoms with van der Waals surface area (Å²) in [7, 11) is 1.34. The normalized spacial score (nSPS) is 11.7. The van der Waals surface area contributed by atoms with E-state index in [9.17, 15) is 18.0 Å². The Kier molecular flexibility index (Phi) is 3.64. The lowest BCUT2D eigenvalue weighted by molar-refractivity contribution is -0.140. The van der Waals surface area contributed by atoms with Crippen LogP contribution in [0.25, 0.3) is 10.6 Å². The molecule has 7 nitrogen and oxygen atoms in total. The second-order valence-corrected chi connectivity index (χ2v) is 5.40. The molecule has 0 aliphatic rings. The van der Waals surface area contributed by atoms with E-state index in [1.165, 1.54) is 30.0 Å². The van der Waals surface area contributed by atoms with Gasteiger partial charge in [0.2, 0.25) is 0 Å². The highest BCUT2D eigenvalue weighted by Gasteiger charge is 2.37. The Bertz CT molecular complexity index is 835. The number of nitrogens with one attached hydrogen (secondary N) is 2. The van der Waals surface area contributed by atoms with Crippen LogP contribution < -0.4 is 5.32 Å². The van der Waals surface area contributed by atoms with Crippen molar-refractivity contribution in [3.63, 3.8) is 0 Å². The summed E-state index contributed by atoms with van der Waals surface area (Å²) in [6.45, 7) is 0. The van der Waals surface area contributed by atoms with E-state index in [2.05, 4.69) is 25.6 Å².